The van der Waals surface area contributed by atoms with Crippen LogP contribution in [0.5, 0.6) is 5.75 Å². The first-order valence-corrected chi connectivity index (χ1v) is 6.53. The Hall–Kier alpha value is -1.80. The van der Waals surface area contributed by atoms with E-state index in [-0.39, 0.29) is 37.8 Å². The minimum absolute atomic E-state index is 0. The number of hydrogen-bond acceptors (Lipinski definition) is 5. The molecule has 2 rings (SSSR count). The Morgan fingerprint density at radius 3 is 2.82 bits per heavy atom. The van der Waals surface area contributed by atoms with Gasteiger partial charge in [-0.15, -0.1) is 0 Å². The minimum atomic E-state index is -0.427. The van der Waals surface area contributed by atoms with E-state index in [1.54, 1.807) is 25.3 Å². The molecule has 1 heterocycles. The maximum atomic E-state index is 11.7. The smallest absolute Gasteiger partial charge is 0.871 e. The number of hydrogen-bond donors (Lipinski definition) is 0. The third-order valence-corrected chi connectivity index (χ3v) is 2.89. The number of aromatic nitrogens is 1. The summed E-state index contributed by atoms with van der Waals surface area (Å²) >= 11 is 0. The minimum Gasteiger partial charge on any atom is -0.871 e. The molecule has 0 N–H and O–H groups in total. The summed E-state index contributed by atoms with van der Waals surface area (Å²) in [6.07, 6.45) is 1.59. The van der Waals surface area contributed by atoms with Crippen molar-refractivity contribution in [3.8, 4) is 5.75 Å². The van der Waals surface area contributed by atoms with Crippen molar-refractivity contribution in [1.29, 1.82) is 0 Å². The van der Waals surface area contributed by atoms with Gasteiger partial charge in [-0.05, 0) is 18.6 Å². The number of esters is 1. The fraction of sp³-hybridized carbons (Fsp3) is 0.250. The van der Waals surface area contributed by atoms with Crippen molar-refractivity contribution in [2.24, 2.45) is 0 Å². The summed E-state index contributed by atoms with van der Waals surface area (Å²) in [6.45, 7) is 5.85. The molecule has 0 bridgehead atoms. The van der Waals surface area contributed by atoms with Gasteiger partial charge in [0.25, 0.3) is 0 Å². The topological polar surface area (TPSA) is 71.5 Å². The maximum absolute atomic E-state index is 11.7. The molecule has 6 heteroatoms. The molecule has 0 amide bonds. The number of rotatable bonds is 6. The number of benzene rings is 1. The van der Waals surface area contributed by atoms with Crippen LogP contribution in [0.4, 0.5) is 0 Å². The summed E-state index contributed by atoms with van der Waals surface area (Å²) in [5.41, 5.74) is 1.68. The van der Waals surface area contributed by atoms with Gasteiger partial charge in [-0.25, -0.2) is 4.79 Å². The van der Waals surface area contributed by atoms with E-state index in [1.165, 1.54) is 6.07 Å². The van der Waals surface area contributed by atoms with Gasteiger partial charge in [0, 0.05) is 17.2 Å². The molecular formula is C16H16LiNO4. The summed E-state index contributed by atoms with van der Waals surface area (Å²) in [5.74, 6) is -0.534. The predicted octanol–water partition coefficient (Wildman–Crippen LogP) is -1.05. The molecule has 110 valence electrons. The zero-order chi connectivity index (χ0) is 15.2. The molecule has 0 aliphatic heterocycles. The predicted molar refractivity (Wildman–Crippen MR) is 76.6 cm³/mol. The van der Waals surface area contributed by atoms with Crippen molar-refractivity contribution in [1.82, 2.24) is 4.98 Å². The second-order valence-electron chi connectivity index (χ2n) is 4.59. The zero-order valence-corrected chi connectivity index (χ0v) is 12.8. The average molecular weight is 293 g/mol. The van der Waals surface area contributed by atoms with E-state index >= 15 is 0 Å². The number of fused-ring (bicyclic) bond motifs is 1. The number of carbonyl (C=O) groups excluding carboxylic acids is 1. The van der Waals surface area contributed by atoms with Crippen LogP contribution in [0.1, 0.15) is 12.5 Å². The molecule has 0 fully saturated rings. The molecule has 0 aliphatic rings. The number of pyridine rings is 1. The quantitative estimate of drug-likeness (QED) is 0.294. The summed E-state index contributed by atoms with van der Waals surface area (Å²) < 4.78 is 10.4. The molecule has 1 aromatic heterocycles. The Morgan fingerprint density at radius 1 is 1.32 bits per heavy atom. The van der Waals surface area contributed by atoms with Crippen LogP contribution < -0.4 is 24.0 Å². The Morgan fingerprint density at radius 2 is 2.09 bits per heavy atom. The summed E-state index contributed by atoms with van der Waals surface area (Å²) in [7, 11) is 0. The fourth-order valence-corrected chi connectivity index (χ4v) is 1.83. The summed E-state index contributed by atoms with van der Waals surface area (Å²) in [6, 6.07) is 6.82. The van der Waals surface area contributed by atoms with Crippen LogP contribution in [0.25, 0.3) is 10.9 Å². The molecule has 1 aromatic carbocycles. The van der Waals surface area contributed by atoms with Gasteiger partial charge in [0.2, 0.25) is 0 Å². The summed E-state index contributed by atoms with van der Waals surface area (Å²) in [4.78, 5) is 15.2. The van der Waals surface area contributed by atoms with Gasteiger partial charge in [0.15, 0.2) is 0 Å². The van der Waals surface area contributed by atoms with Gasteiger partial charge in [-0.1, -0.05) is 30.5 Å². The van der Waals surface area contributed by atoms with Crippen molar-refractivity contribution in [2.75, 3.05) is 13.2 Å². The van der Waals surface area contributed by atoms with Gasteiger partial charge in [0.1, 0.15) is 6.61 Å². The van der Waals surface area contributed by atoms with E-state index in [0.717, 1.165) is 10.9 Å². The molecule has 0 atom stereocenters. The van der Waals surface area contributed by atoms with Crippen LogP contribution in [0, 0.1) is 0 Å². The molecule has 0 radical (unpaired) electrons. The van der Waals surface area contributed by atoms with Crippen molar-refractivity contribution < 1.29 is 38.2 Å². The van der Waals surface area contributed by atoms with Crippen LogP contribution in [0.2, 0.25) is 0 Å². The van der Waals surface area contributed by atoms with E-state index in [1.807, 2.05) is 6.07 Å². The van der Waals surface area contributed by atoms with Crippen molar-refractivity contribution in [3.63, 3.8) is 0 Å². The molecule has 0 saturated carbocycles. The average Bonchev–Trinajstić information content (AvgIpc) is 2.49. The van der Waals surface area contributed by atoms with Crippen molar-refractivity contribution >= 4 is 16.9 Å². The Balaban J connectivity index is 0.00000242. The van der Waals surface area contributed by atoms with Crippen LogP contribution in [-0.2, 0) is 20.9 Å². The van der Waals surface area contributed by atoms with Crippen LogP contribution >= 0.6 is 0 Å². The monoisotopic (exact) mass is 293 g/mol. The first-order valence-electron chi connectivity index (χ1n) is 6.53. The van der Waals surface area contributed by atoms with Crippen molar-refractivity contribution in [3.05, 3.63) is 48.2 Å². The Labute approximate surface area is 141 Å². The molecule has 0 unspecified atom stereocenters. The van der Waals surface area contributed by atoms with Crippen LogP contribution in [-0.4, -0.2) is 24.2 Å². The zero-order valence-electron chi connectivity index (χ0n) is 12.8. The Kier molecular flexibility index (Phi) is 7.13. The van der Waals surface area contributed by atoms with Crippen LogP contribution in [0.15, 0.2) is 42.6 Å². The second-order valence-corrected chi connectivity index (χ2v) is 4.59. The first-order chi connectivity index (χ1) is 10.1. The standard InChI is InChI=1S/C16H17NO4.Li/c1-11(2)16(19)21-9-8-20-10-12-5-6-14(18)15-13(12)4-3-7-17-15;/h3-7,18H,1,8-10H2,2H3;/q;+1/p-1. The van der Waals surface area contributed by atoms with E-state index < -0.39 is 5.97 Å². The van der Waals surface area contributed by atoms with Crippen LogP contribution in [0.3, 0.4) is 0 Å². The number of nitrogens with zero attached hydrogens (tertiary/aromatic N) is 1. The molecule has 5 nitrogen and oxygen atoms in total. The van der Waals surface area contributed by atoms with Gasteiger partial charge in [0.05, 0.1) is 18.7 Å². The van der Waals surface area contributed by atoms with Gasteiger partial charge in [-0.2, -0.15) is 0 Å². The van der Waals surface area contributed by atoms with E-state index in [2.05, 4.69) is 11.6 Å². The largest absolute Gasteiger partial charge is 1.00 e. The molecular weight excluding hydrogens is 277 g/mol. The maximum Gasteiger partial charge on any atom is 1.00 e. The third-order valence-electron chi connectivity index (χ3n) is 2.89. The molecule has 2 aromatic rings. The molecule has 0 spiro atoms. The molecule has 0 saturated heterocycles. The number of carbonyl (C=O) groups is 1. The van der Waals surface area contributed by atoms with Gasteiger partial charge in [-0.3, -0.25) is 4.98 Å². The van der Waals surface area contributed by atoms with Crippen molar-refractivity contribution in [2.45, 2.75) is 13.5 Å². The molecule has 0 aliphatic carbocycles. The van der Waals surface area contributed by atoms with E-state index in [9.17, 15) is 9.90 Å². The number of ether oxygens (including phenoxy) is 2. The SMILES string of the molecule is C=C(C)C(=O)OCCOCc1ccc([O-])c2ncccc12.[Li+]. The van der Waals surface area contributed by atoms with Gasteiger partial charge < -0.3 is 14.6 Å². The Bertz CT molecular complexity index is 672. The van der Waals surface area contributed by atoms with E-state index in [4.69, 9.17) is 9.47 Å². The first kappa shape index (κ1) is 18.2. The fourth-order valence-electron chi connectivity index (χ4n) is 1.83. The van der Waals surface area contributed by atoms with E-state index in [0.29, 0.717) is 17.7 Å². The normalized spacial score (nSPS) is 10.0. The molecule has 22 heavy (non-hydrogen) atoms. The summed E-state index contributed by atoms with van der Waals surface area (Å²) in [5, 5.41) is 12.5. The second kappa shape index (κ2) is 8.59. The third kappa shape index (κ3) is 4.60. The van der Waals surface area contributed by atoms with Gasteiger partial charge >= 0.3 is 24.8 Å².